The summed E-state index contributed by atoms with van der Waals surface area (Å²) in [5.41, 5.74) is 0.810. The summed E-state index contributed by atoms with van der Waals surface area (Å²) in [5, 5.41) is 14.0. The van der Waals surface area contributed by atoms with E-state index in [9.17, 15) is 4.79 Å². The number of hydrogen-bond acceptors (Lipinski definition) is 3. The van der Waals surface area contributed by atoms with Gasteiger partial charge in [-0.3, -0.25) is 4.98 Å². The van der Waals surface area contributed by atoms with Gasteiger partial charge < -0.3 is 10.4 Å². The van der Waals surface area contributed by atoms with Crippen molar-refractivity contribution >= 4 is 22.4 Å². The van der Waals surface area contributed by atoms with Crippen molar-refractivity contribution in [2.45, 2.75) is 19.4 Å². The molecule has 0 amide bonds. The lowest BCUT2D eigenvalue weighted by Crippen LogP contribution is -2.28. The van der Waals surface area contributed by atoms with E-state index in [-0.39, 0.29) is 0 Å². The molecule has 0 fully saturated rings. The number of nitrogens with one attached hydrogen (secondary N) is 1. The van der Waals surface area contributed by atoms with Crippen molar-refractivity contribution in [1.82, 2.24) is 4.98 Å². The molecule has 1 unspecified atom stereocenters. The number of nitrogens with zero attached hydrogens (tertiary/aromatic N) is 1. The van der Waals surface area contributed by atoms with Gasteiger partial charge in [0.05, 0.1) is 0 Å². The minimum atomic E-state index is -0.839. The molecule has 1 aromatic heterocycles. The van der Waals surface area contributed by atoms with E-state index in [0.717, 1.165) is 16.5 Å². The number of benzene rings is 1. The smallest absolute Gasteiger partial charge is 0.326 e. The van der Waals surface area contributed by atoms with Gasteiger partial charge in [-0.2, -0.15) is 0 Å². The highest BCUT2D eigenvalue weighted by Crippen LogP contribution is 2.23. The number of carboxylic acids is 1. The van der Waals surface area contributed by atoms with Gasteiger partial charge in [0.15, 0.2) is 0 Å². The minimum absolute atomic E-state index is 0.534. The highest BCUT2D eigenvalue weighted by molar-refractivity contribution is 5.94. The summed E-state index contributed by atoms with van der Waals surface area (Å²) in [6, 6.07) is 7.09. The van der Waals surface area contributed by atoms with Gasteiger partial charge in [0.2, 0.25) is 0 Å². The Balaban J connectivity index is 2.38. The maximum Gasteiger partial charge on any atom is 0.326 e. The van der Waals surface area contributed by atoms with Crippen LogP contribution in [0.2, 0.25) is 0 Å². The first-order chi connectivity index (χ1) is 8.22. The van der Waals surface area contributed by atoms with Crippen LogP contribution in [0.15, 0.2) is 36.7 Å². The number of rotatable bonds is 4. The molecule has 4 heteroatoms. The van der Waals surface area contributed by atoms with Gasteiger partial charge >= 0.3 is 5.97 Å². The Morgan fingerprint density at radius 1 is 1.47 bits per heavy atom. The van der Waals surface area contributed by atoms with Crippen LogP contribution in [0, 0.1) is 0 Å². The van der Waals surface area contributed by atoms with Crippen molar-refractivity contribution in [3.63, 3.8) is 0 Å². The Hall–Kier alpha value is -2.10. The summed E-state index contributed by atoms with van der Waals surface area (Å²) in [7, 11) is 0. The maximum absolute atomic E-state index is 11.0. The Morgan fingerprint density at radius 3 is 3.00 bits per heavy atom. The first-order valence-electron chi connectivity index (χ1n) is 5.54. The molecule has 88 valence electrons. The van der Waals surface area contributed by atoms with E-state index >= 15 is 0 Å². The number of fused-ring (bicyclic) bond motifs is 1. The summed E-state index contributed by atoms with van der Waals surface area (Å²) >= 11 is 0. The lowest BCUT2D eigenvalue weighted by Gasteiger charge is -2.15. The van der Waals surface area contributed by atoms with Crippen LogP contribution in [0.1, 0.15) is 13.3 Å². The van der Waals surface area contributed by atoms with E-state index in [1.165, 1.54) is 0 Å². The van der Waals surface area contributed by atoms with Gasteiger partial charge in [-0.15, -0.1) is 0 Å². The summed E-state index contributed by atoms with van der Waals surface area (Å²) in [5.74, 6) is -0.839. The largest absolute Gasteiger partial charge is 0.480 e. The van der Waals surface area contributed by atoms with Crippen molar-refractivity contribution in [3.05, 3.63) is 36.7 Å². The molecule has 2 rings (SSSR count). The molecule has 0 saturated heterocycles. The third kappa shape index (κ3) is 2.36. The van der Waals surface area contributed by atoms with Crippen LogP contribution in [0.3, 0.4) is 0 Å². The number of pyridine rings is 1. The number of hydrogen-bond donors (Lipinski definition) is 2. The first-order valence-corrected chi connectivity index (χ1v) is 5.54. The van der Waals surface area contributed by atoms with E-state index < -0.39 is 12.0 Å². The predicted octanol–water partition coefficient (Wildman–Crippen LogP) is 2.51. The Labute approximate surface area is 99.3 Å². The molecule has 2 N–H and O–H groups in total. The van der Waals surface area contributed by atoms with Crippen LogP contribution in [-0.2, 0) is 4.79 Å². The van der Waals surface area contributed by atoms with Crippen LogP contribution in [0.25, 0.3) is 10.8 Å². The third-order valence-electron chi connectivity index (χ3n) is 2.72. The molecule has 2 aromatic rings. The fourth-order valence-electron chi connectivity index (χ4n) is 1.77. The Kier molecular flexibility index (Phi) is 3.23. The topological polar surface area (TPSA) is 62.2 Å². The standard InChI is InChI=1S/C13H14N2O2/c1-2-11(13(16)17)15-12-5-3-4-9-6-7-14-8-10(9)12/h3-8,11,15H,2H2,1H3,(H,16,17). The summed E-state index contributed by atoms with van der Waals surface area (Å²) in [6.45, 7) is 1.84. The highest BCUT2D eigenvalue weighted by atomic mass is 16.4. The zero-order valence-corrected chi connectivity index (χ0v) is 9.55. The SMILES string of the molecule is CCC(Nc1cccc2ccncc12)C(=O)O. The monoisotopic (exact) mass is 230 g/mol. The van der Waals surface area contributed by atoms with E-state index in [1.807, 2.05) is 31.2 Å². The summed E-state index contributed by atoms with van der Waals surface area (Å²) in [4.78, 5) is 15.1. The predicted molar refractivity (Wildman–Crippen MR) is 67.1 cm³/mol. The first kappa shape index (κ1) is 11.4. The molecule has 0 aliphatic carbocycles. The molecule has 0 aliphatic rings. The molecular weight excluding hydrogens is 216 g/mol. The van der Waals surface area contributed by atoms with Crippen LogP contribution < -0.4 is 5.32 Å². The molecule has 0 spiro atoms. The van der Waals surface area contributed by atoms with Gasteiger partial charge in [-0.25, -0.2) is 4.79 Å². The second kappa shape index (κ2) is 4.82. The number of carboxylic acid groups (broad SMARTS) is 1. The highest BCUT2D eigenvalue weighted by Gasteiger charge is 2.15. The number of aliphatic carboxylic acids is 1. The van der Waals surface area contributed by atoms with Crippen molar-refractivity contribution in [2.75, 3.05) is 5.32 Å². The summed E-state index contributed by atoms with van der Waals surface area (Å²) < 4.78 is 0. The quantitative estimate of drug-likeness (QED) is 0.847. The fraction of sp³-hybridized carbons (Fsp3) is 0.231. The van der Waals surface area contributed by atoms with E-state index in [1.54, 1.807) is 12.4 Å². The molecule has 1 atom stereocenters. The van der Waals surface area contributed by atoms with E-state index in [2.05, 4.69) is 10.3 Å². The van der Waals surface area contributed by atoms with Gasteiger partial charge in [-0.1, -0.05) is 19.1 Å². The van der Waals surface area contributed by atoms with Gasteiger partial charge in [0.25, 0.3) is 0 Å². The number of carbonyl (C=O) groups is 1. The lowest BCUT2D eigenvalue weighted by atomic mass is 10.1. The van der Waals surface area contributed by atoms with Gasteiger partial charge in [-0.05, 0) is 23.9 Å². The molecule has 1 aromatic carbocycles. The van der Waals surface area contributed by atoms with Gasteiger partial charge in [0.1, 0.15) is 6.04 Å². The molecule has 0 aliphatic heterocycles. The molecular formula is C13H14N2O2. The van der Waals surface area contributed by atoms with Crippen LogP contribution >= 0.6 is 0 Å². The van der Waals surface area contributed by atoms with Crippen molar-refractivity contribution < 1.29 is 9.90 Å². The van der Waals surface area contributed by atoms with Crippen molar-refractivity contribution in [3.8, 4) is 0 Å². The Bertz CT molecular complexity index is 534. The van der Waals surface area contributed by atoms with Crippen LogP contribution in [-0.4, -0.2) is 22.1 Å². The number of anilines is 1. The zero-order valence-electron chi connectivity index (χ0n) is 9.55. The zero-order chi connectivity index (χ0) is 12.3. The Morgan fingerprint density at radius 2 is 2.29 bits per heavy atom. The second-order valence-corrected chi connectivity index (χ2v) is 3.85. The van der Waals surface area contributed by atoms with Crippen molar-refractivity contribution in [2.24, 2.45) is 0 Å². The van der Waals surface area contributed by atoms with E-state index in [0.29, 0.717) is 6.42 Å². The normalized spacial score (nSPS) is 12.3. The molecule has 1 heterocycles. The summed E-state index contributed by atoms with van der Waals surface area (Å²) in [6.07, 6.45) is 4.00. The van der Waals surface area contributed by atoms with Gasteiger partial charge in [0, 0.05) is 23.5 Å². The molecule has 0 saturated carbocycles. The lowest BCUT2D eigenvalue weighted by molar-refractivity contribution is -0.137. The van der Waals surface area contributed by atoms with Crippen LogP contribution in [0.5, 0.6) is 0 Å². The second-order valence-electron chi connectivity index (χ2n) is 3.85. The van der Waals surface area contributed by atoms with Crippen LogP contribution in [0.4, 0.5) is 5.69 Å². The third-order valence-corrected chi connectivity index (χ3v) is 2.72. The average molecular weight is 230 g/mol. The average Bonchev–Trinajstić information content (AvgIpc) is 2.35. The molecule has 4 nitrogen and oxygen atoms in total. The number of aromatic nitrogens is 1. The fourth-order valence-corrected chi connectivity index (χ4v) is 1.77. The van der Waals surface area contributed by atoms with E-state index in [4.69, 9.17) is 5.11 Å². The van der Waals surface area contributed by atoms with Crippen molar-refractivity contribution in [1.29, 1.82) is 0 Å². The molecule has 17 heavy (non-hydrogen) atoms. The maximum atomic E-state index is 11.0. The molecule has 0 bridgehead atoms. The minimum Gasteiger partial charge on any atom is -0.480 e. The molecule has 0 radical (unpaired) electrons.